The van der Waals surface area contributed by atoms with Gasteiger partial charge >= 0.3 is 0 Å². The molecule has 0 bridgehead atoms. The lowest BCUT2D eigenvalue weighted by molar-refractivity contribution is 0.703. The zero-order valence-electron chi connectivity index (χ0n) is 15.0. The van der Waals surface area contributed by atoms with Gasteiger partial charge in [-0.15, -0.1) is 0 Å². The predicted octanol–water partition coefficient (Wildman–Crippen LogP) is 3.11. The molecular weight excluding hydrogens is 406 g/mol. The molecule has 1 aromatic carbocycles. The maximum atomic E-state index is 11.9. The summed E-state index contributed by atoms with van der Waals surface area (Å²) in [7, 11) is 1.62. The second-order valence-electron chi connectivity index (χ2n) is 6.62. The monoisotopic (exact) mass is 425 g/mol. The highest BCUT2D eigenvalue weighted by atomic mass is 79.9. The smallest absolute Gasteiger partial charge is 0.282 e. The molecule has 3 aromatic rings. The Labute approximate surface area is 166 Å². The van der Waals surface area contributed by atoms with E-state index in [4.69, 9.17) is 0 Å². The van der Waals surface area contributed by atoms with E-state index in [1.165, 1.54) is 15.8 Å². The second-order valence-corrected chi connectivity index (χ2v) is 7.41. The number of halogens is 1. The molecule has 0 atom stereocenters. The van der Waals surface area contributed by atoms with E-state index in [2.05, 4.69) is 72.6 Å². The fraction of sp³-hybridized carbons (Fsp3) is 0.250. The topological polar surface area (TPSA) is 63.1 Å². The summed E-state index contributed by atoms with van der Waals surface area (Å²) in [6, 6.07) is 12.7. The summed E-state index contributed by atoms with van der Waals surface area (Å²) >= 11 is 3.32. The van der Waals surface area contributed by atoms with Crippen molar-refractivity contribution < 1.29 is 0 Å². The van der Waals surface area contributed by atoms with Crippen LogP contribution in [-0.4, -0.2) is 21.3 Å². The van der Waals surface area contributed by atoms with Crippen LogP contribution in [0.5, 0.6) is 0 Å². The number of anilines is 2. The third kappa shape index (κ3) is 3.73. The minimum Gasteiger partial charge on any atom is -0.379 e. The molecule has 6 nitrogen and oxygen atoms in total. The molecule has 4 rings (SSSR count). The number of benzene rings is 1. The van der Waals surface area contributed by atoms with Crippen LogP contribution in [0.4, 0.5) is 11.5 Å². The van der Waals surface area contributed by atoms with Gasteiger partial charge < -0.3 is 10.2 Å². The van der Waals surface area contributed by atoms with Gasteiger partial charge in [-0.1, -0.05) is 30.3 Å². The van der Waals surface area contributed by atoms with E-state index in [-0.39, 0.29) is 5.56 Å². The zero-order chi connectivity index (χ0) is 18.8. The van der Waals surface area contributed by atoms with Gasteiger partial charge in [-0.2, -0.15) is 5.10 Å². The number of aromatic nitrogens is 3. The van der Waals surface area contributed by atoms with Crippen molar-refractivity contribution in [2.45, 2.75) is 19.5 Å². The van der Waals surface area contributed by atoms with Crippen LogP contribution in [0.15, 0.2) is 58.1 Å². The highest BCUT2D eigenvalue weighted by Gasteiger charge is 2.16. The summed E-state index contributed by atoms with van der Waals surface area (Å²) in [6.07, 6.45) is 4.56. The normalized spacial score (nSPS) is 13.3. The van der Waals surface area contributed by atoms with Crippen molar-refractivity contribution >= 4 is 27.4 Å². The molecule has 0 spiro atoms. The van der Waals surface area contributed by atoms with Crippen LogP contribution in [0.1, 0.15) is 16.7 Å². The summed E-state index contributed by atoms with van der Waals surface area (Å²) < 4.78 is 1.78. The number of fused-ring (bicyclic) bond motifs is 1. The Kier molecular flexibility index (Phi) is 4.94. The van der Waals surface area contributed by atoms with Crippen molar-refractivity contribution in [1.29, 1.82) is 0 Å². The molecular formula is C20H20BrN5O. The molecule has 7 heteroatoms. The van der Waals surface area contributed by atoms with E-state index in [1.54, 1.807) is 13.2 Å². The minimum atomic E-state index is -0.168. The summed E-state index contributed by atoms with van der Waals surface area (Å²) in [4.78, 5) is 18.8. The summed E-state index contributed by atoms with van der Waals surface area (Å²) in [6.45, 7) is 2.45. The van der Waals surface area contributed by atoms with Crippen LogP contribution >= 0.6 is 15.9 Å². The fourth-order valence-electron chi connectivity index (χ4n) is 3.23. The Morgan fingerprint density at radius 2 is 1.96 bits per heavy atom. The van der Waals surface area contributed by atoms with Gasteiger partial charge in [-0.25, -0.2) is 9.67 Å². The van der Waals surface area contributed by atoms with Gasteiger partial charge in [0.05, 0.1) is 11.9 Å². The number of pyridine rings is 1. The quantitative estimate of drug-likeness (QED) is 0.695. The lowest BCUT2D eigenvalue weighted by atomic mass is 10.00. The van der Waals surface area contributed by atoms with Gasteiger partial charge in [0.2, 0.25) is 0 Å². The lowest BCUT2D eigenvalue weighted by Crippen LogP contribution is -2.30. The highest BCUT2D eigenvalue weighted by Crippen LogP contribution is 2.23. The number of nitrogens with zero attached hydrogens (tertiary/aromatic N) is 4. The zero-order valence-corrected chi connectivity index (χ0v) is 16.6. The third-order valence-electron chi connectivity index (χ3n) is 4.82. The van der Waals surface area contributed by atoms with E-state index >= 15 is 0 Å². The Hall–Kier alpha value is -2.67. The molecule has 0 saturated carbocycles. The first-order valence-electron chi connectivity index (χ1n) is 8.84. The van der Waals surface area contributed by atoms with Crippen molar-refractivity contribution in [3.8, 4) is 0 Å². The number of nitrogens with one attached hydrogen (secondary N) is 1. The highest BCUT2D eigenvalue weighted by molar-refractivity contribution is 9.10. The largest absolute Gasteiger partial charge is 0.379 e. The van der Waals surface area contributed by atoms with E-state index in [9.17, 15) is 4.79 Å². The van der Waals surface area contributed by atoms with Gasteiger partial charge in [0.1, 0.15) is 10.3 Å². The molecule has 1 N–H and O–H groups in total. The molecule has 138 valence electrons. The Morgan fingerprint density at radius 3 is 2.74 bits per heavy atom. The van der Waals surface area contributed by atoms with Gasteiger partial charge in [0.25, 0.3) is 5.56 Å². The van der Waals surface area contributed by atoms with Crippen molar-refractivity contribution in [3.05, 3.63) is 80.3 Å². The Bertz CT molecular complexity index is 1020. The van der Waals surface area contributed by atoms with Crippen LogP contribution in [0.2, 0.25) is 0 Å². The Balaban J connectivity index is 1.43. The van der Waals surface area contributed by atoms with Crippen molar-refractivity contribution in [1.82, 2.24) is 14.8 Å². The fourth-order valence-corrected chi connectivity index (χ4v) is 3.73. The molecule has 3 heterocycles. The van der Waals surface area contributed by atoms with Crippen LogP contribution in [0.3, 0.4) is 0 Å². The maximum absolute atomic E-state index is 11.9. The van der Waals surface area contributed by atoms with Gasteiger partial charge in [0, 0.05) is 32.9 Å². The Morgan fingerprint density at radius 1 is 1.15 bits per heavy atom. The van der Waals surface area contributed by atoms with E-state index in [0.717, 1.165) is 30.9 Å². The van der Waals surface area contributed by atoms with E-state index < -0.39 is 0 Å². The van der Waals surface area contributed by atoms with Crippen molar-refractivity contribution in [3.63, 3.8) is 0 Å². The molecule has 2 aromatic heterocycles. The van der Waals surface area contributed by atoms with Gasteiger partial charge in [-0.05, 0) is 45.1 Å². The van der Waals surface area contributed by atoms with Crippen LogP contribution in [0, 0.1) is 0 Å². The average molecular weight is 426 g/mol. The van der Waals surface area contributed by atoms with E-state index in [0.29, 0.717) is 16.7 Å². The van der Waals surface area contributed by atoms with Crippen molar-refractivity contribution in [2.24, 2.45) is 7.05 Å². The standard InChI is InChI=1S/C20H20BrN5O/c1-25-20(27)19(21)17(12-24-25)22-10-14-6-7-18(23-11-14)26-9-8-15-4-2-3-5-16(15)13-26/h2-7,11-12,22H,8-10,13H2,1H3. The average Bonchev–Trinajstić information content (AvgIpc) is 2.71. The van der Waals surface area contributed by atoms with Gasteiger partial charge in [0.15, 0.2) is 0 Å². The molecule has 27 heavy (non-hydrogen) atoms. The lowest BCUT2D eigenvalue weighted by Gasteiger charge is -2.29. The molecule has 1 aliphatic heterocycles. The first-order valence-corrected chi connectivity index (χ1v) is 9.63. The van der Waals surface area contributed by atoms with Crippen LogP contribution in [-0.2, 0) is 26.6 Å². The molecule has 1 aliphatic rings. The van der Waals surface area contributed by atoms with Gasteiger partial charge in [-0.3, -0.25) is 4.79 Å². The number of aryl methyl sites for hydroxylation is 1. The molecule has 0 aliphatic carbocycles. The van der Waals surface area contributed by atoms with Crippen molar-refractivity contribution in [2.75, 3.05) is 16.8 Å². The number of hydrogen-bond acceptors (Lipinski definition) is 5. The minimum absolute atomic E-state index is 0.168. The summed E-state index contributed by atoms with van der Waals surface area (Å²) in [5.74, 6) is 0.990. The summed E-state index contributed by atoms with van der Waals surface area (Å²) in [5.41, 5.74) is 4.36. The maximum Gasteiger partial charge on any atom is 0.282 e. The molecule has 0 amide bonds. The SMILES string of the molecule is Cn1ncc(NCc2ccc(N3CCc4ccccc4C3)nc2)c(Br)c1=O. The van der Waals surface area contributed by atoms with Crippen LogP contribution < -0.4 is 15.8 Å². The summed E-state index contributed by atoms with van der Waals surface area (Å²) in [5, 5.41) is 7.27. The molecule has 0 fully saturated rings. The van der Waals surface area contributed by atoms with E-state index in [1.807, 2.05) is 6.20 Å². The number of rotatable bonds is 4. The van der Waals surface area contributed by atoms with Crippen LogP contribution in [0.25, 0.3) is 0 Å². The molecule has 0 unspecified atom stereocenters. The third-order valence-corrected chi connectivity index (χ3v) is 5.59. The number of hydrogen-bond donors (Lipinski definition) is 1. The first kappa shape index (κ1) is 17.7. The molecule has 0 saturated heterocycles. The second kappa shape index (κ2) is 7.52. The predicted molar refractivity (Wildman–Crippen MR) is 110 cm³/mol. The molecule has 0 radical (unpaired) electrons. The first-order chi connectivity index (χ1) is 13.1.